The third-order valence-electron chi connectivity index (χ3n) is 3.36. The number of carbonyl (C=O) groups is 2. The molecule has 5 heteroatoms. The van der Waals surface area contributed by atoms with E-state index in [1.807, 2.05) is 30.3 Å². The SMILES string of the molecule is O=C(O)C[C@@H]1CN(C(=O)CCc2ccccc2)CCO1. The molecular weight excluding hydrogens is 258 g/mol. The van der Waals surface area contributed by atoms with Crippen molar-refractivity contribution in [1.82, 2.24) is 4.90 Å². The van der Waals surface area contributed by atoms with Crippen molar-refractivity contribution in [3.63, 3.8) is 0 Å². The highest BCUT2D eigenvalue weighted by Crippen LogP contribution is 2.11. The molecule has 0 radical (unpaired) electrons. The number of ether oxygens (including phenoxy) is 1. The minimum atomic E-state index is -0.895. The van der Waals surface area contributed by atoms with Crippen LogP contribution >= 0.6 is 0 Å². The Morgan fingerprint density at radius 1 is 1.30 bits per heavy atom. The first-order valence-corrected chi connectivity index (χ1v) is 6.80. The highest BCUT2D eigenvalue weighted by molar-refractivity contribution is 5.76. The van der Waals surface area contributed by atoms with Gasteiger partial charge in [0.2, 0.25) is 5.91 Å². The van der Waals surface area contributed by atoms with Gasteiger partial charge in [-0.3, -0.25) is 9.59 Å². The molecule has 1 saturated heterocycles. The molecule has 1 aliphatic rings. The maximum absolute atomic E-state index is 12.1. The summed E-state index contributed by atoms with van der Waals surface area (Å²) in [6.45, 7) is 1.33. The second kappa shape index (κ2) is 7.05. The zero-order valence-corrected chi connectivity index (χ0v) is 11.3. The van der Waals surface area contributed by atoms with Gasteiger partial charge in [0.25, 0.3) is 0 Å². The fourth-order valence-corrected chi connectivity index (χ4v) is 2.32. The van der Waals surface area contributed by atoms with E-state index in [1.165, 1.54) is 0 Å². The average Bonchev–Trinajstić information content (AvgIpc) is 2.45. The summed E-state index contributed by atoms with van der Waals surface area (Å²) in [7, 11) is 0. The second-order valence-corrected chi connectivity index (χ2v) is 4.92. The molecule has 0 aromatic heterocycles. The van der Waals surface area contributed by atoms with Crippen LogP contribution in [-0.4, -0.2) is 47.7 Å². The number of aliphatic carboxylic acids is 1. The highest BCUT2D eigenvalue weighted by atomic mass is 16.5. The van der Waals surface area contributed by atoms with Crippen LogP contribution in [0.25, 0.3) is 0 Å². The molecule has 108 valence electrons. The fraction of sp³-hybridized carbons (Fsp3) is 0.467. The first kappa shape index (κ1) is 14.5. The zero-order chi connectivity index (χ0) is 14.4. The molecule has 0 saturated carbocycles. The lowest BCUT2D eigenvalue weighted by Crippen LogP contribution is -2.46. The van der Waals surface area contributed by atoms with E-state index < -0.39 is 5.97 Å². The van der Waals surface area contributed by atoms with Crippen LogP contribution in [0.4, 0.5) is 0 Å². The topological polar surface area (TPSA) is 66.8 Å². The van der Waals surface area contributed by atoms with Crippen LogP contribution in [0.5, 0.6) is 0 Å². The minimum absolute atomic E-state index is 0.0531. The van der Waals surface area contributed by atoms with Gasteiger partial charge in [0.1, 0.15) is 0 Å². The van der Waals surface area contributed by atoms with E-state index in [2.05, 4.69) is 0 Å². The number of hydrogen-bond acceptors (Lipinski definition) is 3. The van der Waals surface area contributed by atoms with Crippen molar-refractivity contribution in [2.24, 2.45) is 0 Å². The Morgan fingerprint density at radius 3 is 2.75 bits per heavy atom. The predicted octanol–water partition coefficient (Wildman–Crippen LogP) is 1.32. The molecule has 1 aromatic rings. The second-order valence-electron chi connectivity index (χ2n) is 4.92. The number of hydrogen-bond donors (Lipinski definition) is 1. The van der Waals surface area contributed by atoms with Crippen molar-refractivity contribution in [3.05, 3.63) is 35.9 Å². The van der Waals surface area contributed by atoms with E-state index in [4.69, 9.17) is 9.84 Å². The van der Waals surface area contributed by atoms with Gasteiger partial charge in [-0.1, -0.05) is 30.3 Å². The zero-order valence-electron chi connectivity index (χ0n) is 11.3. The van der Waals surface area contributed by atoms with E-state index >= 15 is 0 Å². The summed E-state index contributed by atoms with van der Waals surface area (Å²) in [5.74, 6) is -0.832. The van der Waals surface area contributed by atoms with Gasteiger partial charge < -0.3 is 14.7 Å². The van der Waals surface area contributed by atoms with E-state index in [0.717, 1.165) is 5.56 Å². The van der Waals surface area contributed by atoms with Crippen LogP contribution in [0.15, 0.2) is 30.3 Å². The number of morpholine rings is 1. The van der Waals surface area contributed by atoms with Gasteiger partial charge in [-0.15, -0.1) is 0 Å². The molecular formula is C15H19NO4. The summed E-state index contributed by atoms with van der Waals surface area (Å²) in [6.07, 6.45) is 0.717. The Kier molecular flexibility index (Phi) is 5.12. The molecule has 1 N–H and O–H groups in total. The Bertz CT molecular complexity index is 460. The quantitative estimate of drug-likeness (QED) is 0.881. The Morgan fingerprint density at radius 2 is 2.05 bits per heavy atom. The first-order chi connectivity index (χ1) is 9.65. The number of carboxylic acids is 1. The number of aryl methyl sites for hydroxylation is 1. The van der Waals surface area contributed by atoms with E-state index in [1.54, 1.807) is 4.90 Å². The molecule has 5 nitrogen and oxygen atoms in total. The molecule has 1 heterocycles. The maximum atomic E-state index is 12.1. The van der Waals surface area contributed by atoms with Gasteiger partial charge in [-0.2, -0.15) is 0 Å². The molecule has 1 fully saturated rings. The van der Waals surface area contributed by atoms with Crippen LogP contribution < -0.4 is 0 Å². The standard InChI is InChI=1S/C15H19NO4/c17-14(7-6-12-4-2-1-3-5-12)16-8-9-20-13(11-16)10-15(18)19/h1-5,13H,6-11H2,(H,18,19)/t13-/m1/s1. The van der Waals surface area contributed by atoms with Crippen molar-refractivity contribution >= 4 is 11.9 Å². The normalized spacial score (nSPS) is 18.8. The Labute approximate surface area is 118 Å². The molecule has 2 rings (SSSR count). The summed E-state index contributed by atoms with van der Waals surface area (Å²) in [4.78, 5) is 24.5. The monoisotopic (exact) mass is 277 g/mol. The van der Waals surface area contributed by atoms with Crippen LogP contribution in [0.3, 0.4) is 0 Å². The molecule has 0 bridgehead atoms. The third-order valence-corrected chi connectivity index (χ3v) is 3.36. The van der Waals surface area contributed by atoms with Gasteiger partial charge in [-0.25, -0.2) is 0 Å². The van der Waals surface area contributed by atoms with E-state index in [-0.39, 0.29) is 18.4 Å². The lowest BCUT2D eigenvalue weighted by Gasteiger charge is -2.32. The van der Waals surface area contributed by atoms with Crippen LogP contribution in [0.2, 0.25) is 0 Å². The summed E-state index contributed by atoms with van der Waals surface area (Å²) in [5.41, 5.74) is 1.14. The van der Waals surface area contributed by atoms with Crippen molar-refractivity contribution in [2.45, 2.75) is 25.4 Å². The molecule has 1 aliphatic heterocycles. The summed E-state index contributed by atoms with van der Waals surface area (Å²) >= 11 is 0. The number of carboxylic acid groups (broad SMARTS) is 1. The Hall–Kier alpha value is -1.88. The van der Waals surface area contributed by atoms with Gasteiger partial charge in [0.05, 0.1) is 19.1 Å². The van der Waals surface area contributed by atoms with E-state index in [0.29, 0.717) is 32.5 Å². The predicted molar refractivity (Wildman–Crippen MR) is 73.3 cm³/mol. The van der Waals surface area contributed by atoms with Gasteiger partial charge in [-0.05, 0) is 12.0 Å². The van der Waals surface area contributed by atoms with Gasteiger partial charge in [0, 0.05) is 19.5 Å². The highest BCUT2D eigenvalue weighted by Gasteiger charge is 2.25. The van der Waals surface area contributed by atoms with Gasteiger partial charge >= 0.3 is 5.97 Å². The number of benzene rings is 1. The maximum Gasteiger partial charge on any atom is 0.306 e. The summed E-state index contributed by atoms with van der Waals surface area (Å²) in [5, 5.41) is 8.76. The molecule has 0 spiro atoms. The minimum Gasteiger partial charge on any atom is -0.481 e. The summed E-state index contributed by atoms with van der Waals surface area (Å²) in [6, 6.07) is 9.86. The number of carbonyl (C=O) groups excluding carboxylic acids is 1. The molecule has 1 aromatic carbocycles. The fourth-order valence-electron chi connectivity index (χ4n) is 2.32. The van der Waals surface area contributed by atoms with Crippen LogP contribution in [-0.2, 0) is 20.7 Å². The van der Waals surface area contributed by atoms with E-state index in [9.17, 15) is 9.59 Å². The lowest BCUT2D eigenvalue weighted by atomic mass is 10.1. The average molecular weight is 277 g/mol. The number of amides is 1. The smallest absolute Gasteiger partial charge is 0.306 e. The van der Waals surface area contributed by atoms with Crippen molar-refractivity contribution in [1.29, 1.82) is 0 Å². The molecule has 1 amide bonds. The molecule has 0 unspecified atom stereocenters. The van der Waals surface area contributed by atoms with Crippen molar-refractivity contribution < 1.29 is 19.4 Å². The molecule has 1 atom stereocenters. The van der Waals surface area contributed by atoms with Crippen LogP contribution in [0.1, 0.15) is 18.4 Å². The largest absolute Gasteiger partial charge is 0.481 e. The Balaban J connectivity index is 1.81. The number of nitrogens with zero attached hydrogens (tertiary/aromatic N) is 1. The summed E-state index contributed by atoms with van der Waals surface area (Å²) < 4.78 is 5.36. The molecule has 20 heavy (non-hydrogen) atoms. The first-order valence-electron chi connectivity index (χ1n) is 6.80. The number of rotatable bonds is 5. The lowest BCUT2D eigenvalue weighted by molar-refractivity contribution is -0.147. The van der Waals surface area contributed by atoms with Crippen molar-refractivity contribution in [3.8, 4) is 0 Å². The molecule has 0 aliphatic carbocycles. The third kappa shape index (κ3) is 4.35. The van der Waals surface area contributed by atoms with Crippen molar-refractivity contribution in [2.75, 3.05) is 19.7 Å². The van der Waals surface area contributed by atoms with Crippen LogP contribution in [0, 0.1) is 0 Å². The van der Waals surface area contributed by atoms with Gasteiger partial charge in [0.15, 0.2) is 0 Å².